The van der Waals surface area contributed by atoms with Crippen LogP contribution in [0.25, 0.3) is 6.08 Å². The molecule has 1 rings (SSSR count). The van der Waals surface area contributed by atoms with Crippen molar-refractivity contribution in [3.8, 4) is 0 Å². The first kappa shape index (κ1) is 10.2. The average molecular weight is 189 g/mol. The summed E-state index contributed by atoms with van der Waals surface area (Å²) in [5, 5.41) is 10.0. The monoisotopic (exact) mass is 189 g/mol. The van der Waals surface area contributed by atoms with E-state index in [9.17, 15) is 10.1 Å². The van der Waals surface area contributed by atoms with Crippen LogP contribution in [0.2, 0.25) is 0 Å². The van der Waals surface area contributed by atoms with Gasteiger partial charge >= 0.3 is 0 Å². The number of nitrogens with zero attached hydrogens (tertiary/aromatic N) is 1. The highest BCUT2D eigenvalue weighted by molar-refractivity contribution is 5.54. The quantitative estimate of drug-likeness (QED) is 0.417. The van der Waals surface area contributed by atoms with Crippen molar-refractivity contribution >= 4 is 6.08 Å². The van der Waals surface area contributed by atoms with E-state index in [4.69, 9.17) is 0 Å². The molecule has 0 fully saturated rings. The molecule has 0 aromatic heterocycles. The maximum Gasteiger partial charge on any atom is 0.234 e. The SMILES string of the molecule is CC(=C/c1ccccc1)/C=C/[N+](=O)[O-]. The Morgan fingerprint density at radius 1 is 1.36 bits per heavy atom. The number of rotatable bonds is 3. The molecule has 72 valence electrons. The van der Waals surface area contributed by atoms with E-state index in [2.05, 4.69) is 0 Å². The lowest BCUT2D eigenvalue weighted by Gasteiger charge is -1.92. The van der Waals surface area contributed by atoms with Crippen molar-refractivity contribution in [2.45, 2.75) is 6.92 Å². The van der Waals surface area contributed by atoms with Gasteiger partial charge < -0.3 is 0 Å². The molecular weight excluding hydrogens is 178 g/mol. The summed E-state index contributed by atoms with van der Waals surface area (Å²) in [5.74, 6) is 0. The fourth-order valence-electron chi connectivity index (χ4n) is 1.04. The smallest absolute Gasteiger partial charge is 0.234 e. The van der Waals surface area contributed by atoms with Crippen molar-refractivity contribution in [3.63, 3.8) is 0 Å². The van der Waals surface area contributed by atoms with Crippen molar-refractivity contribution in [1.29, 1.82) is 0 Å². The Balaban J connectivity index is 2.74. The molecule has 0 amide bonds. The van der Waals surface area contributed by atoms with E-state index in [0.29, 0.717) is 0 Å². The number of hydrogen-bond acceptors (Lipinski definition) is 2. The van der Waals surface area contributed by atoms with Crippen LogP contribution in [0.4, 0.5) is 0 Å². The second-order valence-electron chi connectivity index (χ2n) is 2.90. The van der Waals surface area contributed by atoms with Gasteiger partial charge in [-0.2, -0.15) is 0 Å². The predicted molar refractivity (Wildman–Crippen MR) is 56.2 cm³/mol. The van der Waals surface area contributed by atoms with Crippen LogP contribution in [0.5, 0.6) is 0 Å². The van der Waals surface area contributed by atoms with Gasteiger partial charge in [0.15, 0.2) is 0 Å². The first-order valence-electron chi connectivity index (χ1n) is 4.23. The van der Waals surface area contributed by atoms with Crippen LogP contribution in [-0.2, 0) is 0 Å². The summed E-state index contributed by atoms with van der Waals surface area (Å²) in [5.41, 5.74) is 1.89. The Bertz CT molecular complexity index is 366. The summed E-state index contributed by atoms with van der Waals surface area (Å²) in [6.07, 6.45) is 4.31. The molecule has 0 spiro atoms. The lowest BCUT2D eigenvalue weighted by molar-refractivity contribution is -0.402. The summed E-state index contributed by atoms with van der Waals surface area (Å²) < 4.78 is 0. The Hall–Kier alpha value is -1.90. The Labute approximate surface area is 82.5 Å². The highest BCUT2D eigenvalue weighted by Gasteiger charge is 1.89. The highest BCUT2D eigenvalue weighted by atomic mass is 16.6. The van der Waals surface area contributed by atoms with Gasteiger partial charge in [-0.25, -0.2) is 0 Å². The van der Waals surface area contributed by atoms with Crippen LogP contribution in [0, 0.1) is 10.1 Å². The van der Waals surface area contributed by atoms with Gasteiger partial charge in [0.1, 0.15) is 0 Å². The van der Waals surface area contributed by atoms with Gasteiger partial charge in [0.05, 0.1) is 4.92 Å². The summed E-state index contributed by atoms with van der Waals surface area (Å²) in [4.78, 5) is 9.58. The van der Waals surface area contributed by atoms with Crippen LogP contribution >= 0.6 is 0 Å². The molecule has 0 saturated carbocycles. The molecule has 0 atom stereocenters. The maximum atomic E-state index is 10.0. The minimum absolute atomic E-state index is 0.470. The fraction of sp³-hybridized carbons (Fsp3) is 0.0909. The highest BCUT2D eigenvalue weighted by Crippen LogP contribution is 2.06. The number of allylic oxidation sites excluding steroid dienone is 2. The zero-order valence-corrected chi connectivity index (χ0v) is 7.88. The second-order valence-corrected chi connectivity index (χ2v) is 2.90. The molecule has 1 aromatic carbocycles. The number of benzene rings is 1. The summed E-state index contributed by atoms with van der Waals surface area (Å²) >= 11 is 0. The third-order valence-corrected chi connectivity index (χ3v) is 1.65. The van der Waals surface area contributed by atoms with Crippen LogP contribution < -0.4 is 0 Å². The lowest BCUT2D eigenvalue weighted by Crippen LogP contribution is -1.82. The lowest BCUT2D eigenvalue weighted by atomic mass is 10.1. The van der Waals surface area contributed by atoms with E-state index in [1.165, 1.54) is 6.08 Å². The third-order valence-electron chi connectivity index (χ3n) is 1.65. The van der Waals surface area contributed by atoms with Crippen LogP contribution in [-0.4, -0.2) is 4.92 Å². The molecule has 0 aliphatic rings. The number of nitro groups is 1. The minimum Gasteiger partial charge on any atom is -0.259 e. The van der Waals surface area contributed by atoms with Crippen LogP contribution in [0.3, 0.4) is 0 Å². The average Bonchev–Trinajstić information content (AvgIpc) is 2.16. The van der Waals surface area contributed by atoms with Gasteiger partial charge in [-0.1, -0.05) is 36.4 Å². The molecule has 3 nitrogen and oxygen atoms in total. The van der Waals surface area contributed by atoms with Crippen molar-refractivity contribution in [3.05, 3.63) is 63.9 Å². The van der Waals surface area contributed by atoms with Crippen LogP contribution in [0.15, 0.2) is 48.2 Å². The molecule has 0 heterocycles. The Morgan fingerprint density at radius 2 is 2.00 bits per heavy atom. The van der Waals surface area contributed by atoms with E-state index in [1.807, 2.05) is 43.3 Å². The third kappa shape index (κ3) is 3.67. The molecule has 0 bridgehead atoms. The molecule has 0 saturated heterocycles. The van der Waals surface area contributed by atoms with Gasteiger partial charge in [-0.05, 0) is 18.1 Å². The van der Waals surface area contributed by atoms with Gasteiger partial charge in [0, 0.05) is 6.08 Å². The largest absolute Gasteiger partial charge is 0.259 e. The van der Waals surface area contributed by atoms with E-state index < -0.39 is 4.92 Å². The summed E-state index contributed by atoms with van der Waals surface area (Å²) in [6, 6.07) is 9.68. The minimum atomic E-state index is -0.470. The zero-order valence-electron chi connectivity index (χ0n) is 7.88. The van der Waals surface area contributed by atoms with Gasteiger partial charge in [-0.15, -0.1) is 0 Å². The molecular formula is C11H11NO2. The van der Waals surface area contributed by atoms with Crippen molar-refractivity contribution in [2.75, 3.05) is 0 Å². The van der Waals surface area contributed by atoms with E-state index in [1.54, 1.807) is 0 Å². The molecule has 1 aromatic rings. The molecule has 0 N–H and O–H groups in total. The first-order chi connectivity index (χ1) is 6.68. The topological polar surface area (TPSA) is 43.1 Å². The van der Waals surface area contributed by atoms with Crippen molar-refractivity contribution < 1.29 is 4.92 Å². The van der Waals surface area contributed by atoms with E-state index >= 15 is 0 Å². The molecule has 3 heteroatoms. The summed E-state index contributed by atoms with van der Waals surface area (Å²) in [6.45, 7) is 1.83. The predicted octanol–water partition coefficient (Wildman–Crippen LogP) is 2.88. The maximum absolute atomic E-state index is 10.0. The molecule has 14 heavy (non-hydrogen) atoms. The molecule has 0 unspecified atom stereocenters. The summed E-state index contributed by atoms with van der Waals surface area (Å²) in [7, 11) is 0. The zero-order chi connectivity index (χ0) is 10.4. The van der Waals surface area contributed by atoms with Gasteiger partial charge in [0.25, 0.3) is 0 Å². The van der Waals surface area contributed by atoms with Crippen molar-refractivity contribution in [1.82, 2.24) is 0 Å². The van der Waals surface area contributed by atoms with Gasteiger partial charge in [0.2, 0.25) is 6.20 Å². The van der Waals surface area contributed by atoms with E-state index in [-0.39, 0.29) is 0 Å². The Kier molecular flexibility index (Phi) is 3.61. The standard InChI is InChI=1S/C11H11NO2/c1-10(7-8-12(13)14)9-11-5-3-2-4-6-11/h2-9H,1H3/b8-7+,10-9-. The molecule has 0 radical (unpaired) electrons. The normalized spacial score (nSPS) is 11.9. The Morgan fingerprint density at radius 3 is 2.57 bits per heavy atom. The van der Waals surface area contributed by atoms with Crippen LogP contribution in [0.1, 0.15) is 12.5 Å². The molecule has 0 aliphatic carbocycles. The van der Waals surface area contributed by atoms with Crippen molar-refractivity contribution in [2.24, 2.45) is 0 Å². The first-order valence-corrected chi connectivity index (χ1v) is 4.23. The van der Waals surface area contributed by atoms with Gasteiger partial charge in [-0.3, -0.25) is 10.1 Å². The second kappa shape index (κ2) is 4.97. The molecule has 0 aliphatic heterocycles. The number of hydrogen-bond donors (Lipinski definition) is 0. The van der Waals surface area contributed by atoms with E-state index in [0.717, 1.165) is 17.3 Å². The fourth-order valence-corrected chi connectivity index (χ4v) is 1.04.